The third-order valence-electron chi connectivity index (χ3n) is 15.1. The molecule has 1 unspecified atom stereocenters. The summed E-state index contributed by atoms with van der Waals surface area (Å²) in [4.78, 5) is 77.1. The zero-order valence-electron chi connectivity index (χ0n) is 43.1. The van der Waals surface area contributed by atoms with Gasteiger partial charge < -0.3 is 44.7 Å². The Morgan fingerprint density at radius 3 is 2.33 bits per heavy atom. The number of nitrogens with zero attached hydrogens (tertiary/aromatic N) is 8. The SMILES string of the molecule is CCc1cc(Nc2ncc(Br)c(Nc3ccc4nc(C)ccc4c3P(C)(C)=O)n2)c(OC)cc1N1CCC(N2CCN(C(=O)C3CN(c4cccc5c4C(C)(C)C(=O)N5C(CCC=O)C(=O)NC)C3)CC2)CC1. The van der Waals surface area contributed by atoms with Crippen LogP contribution in [0.4, 0.5) is 40.2 Å². The van der Waals surface area contributed by atoms with Crippen molar-refractivity contribution in [2.75, 3.05) is 105 Å². The van der Waals surface area contributed by atoms with Crippen LogP contribution < -0.4 is 40.7 Å². The fraction of sp³-hybridized carbons (Fsp3) is 0.463. The van der Waals surface area contributed by atoms with E-state index < -0.39 is 18.6 Å². The van der Waals surface area contributed by atoms with Crippen LogP contribution >= 0.6 is 23.1 Å². The first kappa shape index (κ1) is 51.8. The number of methoxy groups -OCH3 is 1. The maximum Gasteiger partial charge on any atom is 0.242 e. The van der Waals surface area contributed by atoms with Gasteiger partial charge in [0.15, 0.2) is 0 Å². The van der Waals surface area contributed by atoms with E-state index in [1.165, 1.54) is 5.56 Å². The molecule has 0 spiro atoms. The molecule has 0 saturated carbocycles. The summed E-state index contributed by atoms with van der Waals surface area (Å²) in [5, 5.41) is 11.1. The molecule has 386 valence electrons. The number of aromatic nitrogens is 3. The van der Waals surface area contributed by atoms with E-state index >= 15 is 0 Å². The second-order valence-electron chi connectivity index (χ2n) is 20.5. The minimum Gasteiger partial charge on any atom is -0.494 e. The average molecular weight is 1080 g/mol. The Balaban J connectivity index is 0.800. The molecule has 73 heavy (non-hydrogen) atoms. The van der Waals surface area contributed by atoms with Gasteiger partial charge in [-0.3, -0.25) is 29.2 Å². The largest absolute Gasteiger partial charge is 0.494 e. The number of hydrogen-bond acceptors (Lipinski definition) is 14. The molecule has 9 rings (SSSR count). The van der Waals surface area contributed by atoms with Crippen LogP contribution in [0.25, 0.3) is 10.9 Å². The standard InChI is InChI=1S/C54H67BrN11O6P/c1-9-34-28-41(60-53-57-30-38(55)49(61-53)59-40-18-17-39-37(16-15-33(2)58-39)48(40)73(7,8)71)46(72-6)29-45(34)63-21-19-36(20-22-63)62-23-25-64(26-24-62)51(69)35-31-65(32-35)42-12-10-13-43-47(42)54(3,4)52(70)66(43)44(14-11-27-67)50(68)56-5/h10,12-13,15-18,27-30,35-36,44H,9,11,14,19-26,31-32H2,1-8H3,(H,56,68)(H2,57,59,60,61). The summed E-state index contributed by atoms with van der Waals surface area (Å²) in [6.07, 6.45) is 5.71. The first-order chi connectivity index (χ1) is 34.9. The molecule has 3 saturated heterocycles. The van der Waals surface area contributed by atoms with Crippen molar-refractivity contribution in [1.29, 1.82) is 0 Å². The number of nitrogens with one attached hydrogen (secondary N) is 3. The lowest BCUT2D eigenvalue weighted by molar-refractivity contribution is -0.138. The van der Waals surface area contributed by atoms with Crippen molar-refractivity contribution in [3.63, 3.8) is 0 Å². The Morgan fingerprint density at radius 1 is 0.932 bits per heavy atom. The van der Waals surface area contributed by atoms with Gasteiger partial charge in [0.05, 0.1) is 45.5 Å². The molecule has 2 aromatic heterocycles. The quantitative estimate of drug-likeness (QED) is 0.0657. The fourth-order valence-corrected chi connectivity index (χ4v) is 13.1. The first-order valence-corrected chi connectivity index (χ1v) is 28.7. The second-order valence-corrected chi connectivity index (χ2v) is 24.5. The summed E-state index contributed by atoms with van der Waals surface area (Å²) in [5.74, 6) is 1.15. The van der Waals surface area contributed by atoms with E-state index in [4.69, 9.17) is 9.72 Å². The number of aldehydes is 1. The van der Waals surface area contributed by atoms with Gasteiger partial charge in [0.1, 0.15) is 31.0 Å². The Hall–Kier alpha value is -6.10. The lowest BCUT2D eigenvalue weighted by atomic mass is 9.83. The molecule has 17 nitrogen and oxygen atoms in total. The molecule has 3 amide bonds. The molecule has 19 heteroatoms. The molecular formula is C54H67BrN11O6P. The van der Waals surface area contributed by atoms with E-state index in [2.05, 4.69) is 75.6 Å². The summed E-state index contributed by atoms with van der Waals surface area (Å²) >= 11 is 3.62. The summed E-state index contributed by atoms with van der Waals surface area (Å²) in [6.45, 7) is 17.4. The summed E-state index contributed by atoms with van der Waals surface area (Å²) < 4.78 is 20.3. The molecule has 3 N–H and O–H groups in total. The number of piperidine rings is 1. The number of aryl methyl sites for hydroxylation is 2. The van der Waals surface area contributed by atoms with Crippen LogP contribution in [0.2, 0.25) is 0 Å². The number of carbonyl (C=O) groups excluding carboxylic acids is 4. The average Bonchev–Trinajstić information content (AvgIpc) is 3.57. The smallest absolute Gasteiger partial charge is 0.242 e. The molecule has 0 aliphatic carbocycles. The van der Waals surface area contributed by atoms with Gasteiger partial charge >= 0.3 is 0 Å². The van der Waals surface area contributed by atoms with Crippen molar-refractivity contribution in [2.45, 2.75) is 77.3 Å². The molecule has 0 radical (unpaired) electrons. The van der Waals surface area contributed by atoms with Crippen LogP contribution in [0.5, 0.6) is 5.75 Å². The predicted molar refractivity (Wildman–Crippen MR) is 293 cm³/mol. The zero-order valence-corrected chi connectivity index (χ0v) is 45.6. The Kier molecular flexibility index (Phi) is 14.9. The second kappa shape index (κ2) is 21.0. The molecule has 4 aliphatic heterocycles. The molecule has 6 heterocycles. The Bertz CT molecular complexity index is 3000. The van der Waals surface area contributed by atoms with Gasteiger partial charge in [-0.1, -0.05) is 19.1 Å². The number of halogens is 1. The van der Waals surface area contributed by atoms with Crippen LogP contribution in [0.15, 0.2) is 65.3 Å². The maximum atomic E-state index is 14.0. The highest BCUT2D eigenvalue weighted by Crippen LogP contribution is 2.49. The number of anilines is 7. The van der Waals surface area contributed by atoms with Crippen LogP contribution in [0.1, 0.15) is 63.3 Å². The number of hydrogen-bond donors (Lipinski definition) is 3. The third-order valence-corrected chi connectivity index (χ3v) is 17.3. The number of ether oxygens (including phenoxy) is 1. The van der Waals surface area contributed by atoms with Gasteiger partial charge in [-0.15, -0.1) is 0 Å². The summed E-state index contributed by atoms with van der Waals surface area (Å²) in [6, 6.07) is 17.4. The van der Waals surface area contributed by atoms with Crippen molar-refractivity contribution in [3.8, 4) is 5.75 Å². The summed E-state index contributed by atoms with van der Waals surface area (Å²) in [5.41, 5.74) is 7.03. The van der Waals surface area contributed by atoms with Crippen LogP contribution in [0, 0.1) is 12.8 Å². The number of likely N-dealkylation sites (N-methyl/N-ethyl adjacent to an activating group) is 1. The third kappa shape index (κ3) is 10.1. The van der Waals surface area contributed by atoms with Crippen LogP contribution in [0.3, 0.4) is 0 Å². The number of fused-ring (bicyclic) bond motifs is 2. The zero-order chi connectivity index (χ0) is 51.9. The topological polar surface area (TPSA) is 186 Å². The Morgan fingerprint density at radius 2 is 1.66 bits per heavy atom. The lowest BCUT2D eigenvalue weighted by Crippen LogP contribution is -2.59. The van der Waals surface area contributed by atoms with Crippen molar-refractivity contribution in [2.24, 2.45) is 5.92 Å². The number of rotatable bonds is 16. The van der Waals surface area contributed by atoms with Gasteiger partial charge in [0.25, 0.3) is 0 Å². The molecular weight excluding hydrogens is 1010 g/mol. The Labute approximate surface area is 436 Å². The number of amides is 3. The number of benzene rings is 3. The van der Waals surface area contributed by atoms with Gasteiger partial charge in [0, 0.05) is 117 Å². The van der Waals surface area contributed by atoms with E-state index in [0.717, 1.165) is 96.3 Å². The number of piperazine rings is 1. The highest BCUT2D eigenvalue weighted by atomic mass is 79.9. The maximum absolute atomic E-state index is 14.0. The fourth-order valence-electron chi connectivity index (χ4n) is 11.3. The van der Waals surface area contributed by atoms with E-state index in [9.17, 15) is 23.7 Å². The molecule has 4 aliphatic rings. The van der Waals surface area contributed by atoms with E-state index in [0.29, 0.717) is 65.6 Å². The normalized spacial score (nSPS) is 17.8. The summed E-state index contributed by atoms with van der Waals surface area (Å²) in [7, 11) is 0.469. The first-order valence-electron chi connectivity index (χ1n) is 25.3. The monoisotopic (exact) mass is 1080 g/mol. The number of pyridine rings is 1. The van der Waals surface area contributed by atoms with E-state index in [1.807, 2.05) is 68.1 Å². The molecule has 0 bridgehead atoms. The van der Waals surface area contributed by atoms with E-state index in [-0.39, 0.29) is 36.5 Å². The highest BCUT2D eigenvalue weighted by Gasteiger charge is 2.51. The van der Waals surface area contributed by atoms with Crippen molar-refractivity contribution in [1.82, 2.24) is 30.1 Å². The minimum absolute atomic E-state index is 0.132. The van der Waals surface area contributed by atoms with E-state index in [1.54, 1.807) is 38.6 Å². The van der Waals surface area contributed by atoms with Crippen LogP contribution in [-0.2, 0) is 35.6 Å². The van der Waals surface area contributed by atoms with Crippen molar-refractivity contribution < 1.29 is 28.5 Å². The molecule has 3 fully saturated rings. The number of carbonyl (C=O) groups is 4. The van der Waals surface area contributed by atoms with Crippen molar-refractivity contribution >= 4 is 103 Å². The van der Waals surface area contributed by atoms with Gasteiger partial charge in [-0.2, -0.15) is 4.98 Å². The predicted octanol–water partition coefficient (Wildman–Crippen LogP) is 7.37. The van der Waals surface area contributed by atoms with Gasteiger partial charge in [0.2, 0.25) is 23.7 Å². The molecule has 1 atom stereocenters. The lowest BCUT2D eigenvalue weighted by Gasteiger charge is -2.46. The van der Waals surface area contributed by atoms with Crippen molar-refractivity contribution in [3.05, 3.63) is 82.1 Å². The van der Waals surface area contributed by atoms with Crippen LogP contribution in [-0.4, -0.2) is 141 Å². The minimum atomic E-state index is -2.75. The molecule has 5 aromatic rings. The van der Waals surface area contributed by atoms with Gasteiger partial charge in [-0.05, 0) is 118 Å². The van der Waals surface area contributed by atoms with Gasteiger partial charge in [-0.25, -0.2) is 4.98 Å². The molecule has 3 aromatic carbocycles. The highest BCUT2D eigenvalue weighted by molar-refractivity contribution is 9.10.